The van der Waals surface area contributed by atoms with Gasteiger partial charge in [-0.05, 0) is 42.0 Å². The Bertz CT molecular complexity index is 1420. The molecule has 3 heterocycles. The molecule has 0 radical (unpaired) electrons. The minimum absolute atomic E-state index is 0.353. The van der Waals surface area contributed by atoms with Gasteiger partial charge in [0.05, 0.1) is 18.4 Å². The molecule has 0 bridgehead atoms. The molecule has 0 unspecified atom stereocenters. The number of aromatic amines is 1. The van der Waals surface area contributed by atoms with Crippen molar-refractivity contribution >= 4 is 11.6 Å². The molecule has 3 aromatic heterocycles. The van der Waals surface area contributed by atoms with Crippen molar-refractivity contribution in [3.8, 4) is 39.8 Å². The molecule has 0 atom stereocenters. The summed E-state index contributed by atoms with van der Waals surface area (Å²) in [6, 6.07) is 19.1. The summed E-state index contributed by atoms with van der Waals surface area (Å²) >= 11 is 0. The summed E-state index contributed by atoms with van der Waals surface area (Å²) < 4.78 is 5.44. The van der Waals surface area contributed by atoms with Gasteiger partial charge in [0, 0.05) is 41.9 Å². The summed E-state index contributed by atoms with van der Waals surface area (Å²) in [5, 5.41) is 10.7. The first-order chi connectivity index (χ1) is 16.7. The van der Waals surface area contributed by atoms with E-state index < -0.39 is 0 Å². The monoisotopic (exact) mass is 450 g/mol. The Morgan fingerprint density at radius 3 is 2.71 bits per heavy atom. The van der Waals surface area contributed by atoms with Crippen molar-refractivity contribution in [2.45, 2.75) is 6.54 Å². The van der Waals surface area contributed by atoms with Crippen LogP contribution in [-0.4, -0.2) is 37.2 Å². The van der Waals surface area contributed by atoms with E-state index in [0.717, 1.165) is 39.4 Å². The number of rotatable bonds is 7. The van der Waals surface area contributed by atoms with Crippen LogP contribution >= 0.6 is 0 Å². The second-order valence-electron chi connectivity index (χ2n) is 7.42. The summed E-state index contributed by atoms with van der Waals surface area (Å²) in [6.07, 6.45) is 5.20. The Labute approximate surface area is 196 Å². The Hall–Kier alpha value is -4.63. The third-order valence-electron chi connectivity index (χ3n) is 5.29. The molecular formula is C25H22N8O. The van der Waals surface area contributed by atoms with E-state index >= 15 is 0 Å². The van der Waals surface area contributed by atoms with Crippen LogP contribution in [0.25, 0.3) is 34.0 Å². The fraction of sp³-hybridized carbons (Fsp3) is 0.0800. The van der Waals surface area contributed by atoms with Crippen molar-refractivity contribution in [3.63, 3.8) is 0 Å². The molecule has 34 heavy (non-hydrogen) atoms. The zero-order valence-electron chi connectivity index (χ0n) is 18.4. The van der Waals surface area contributed by atoms with Crippen molar-refractivity contribution < 1.29 is 4.74 Å². The Kier molecular flexibility index (Phi) is 5.91. The number of para-hydroxylation sites is 1. The molecule has 0 spiro atoms. The number of nitrogens with one attached hydrogen (secondary N) is 2. The molecular weight excluding hydrogens is 428 g/mol. The van der Waals surface area contributed by atoms with Crippen LogP contribution < -0.4 is 15.8 Å². The minimum atomic E-state index is 0.353. The van der Waals surface area contributed by atoms with Crippen molar-refractivity contribution in [2.24, 2.45) is 5.73 Å². The van der Waals surface area contributed by atoms with E-state index in [1.165, 1.54) is 0 Å². The standard InChI is InChI=1S/C25H22N8O/c1-34-22-7-3-2-6-19(22)24-31-23(32-33-24)16-8-9-17(14-26)21(13-16)30-25-28-12-10-20(29-25)18-5-4-11-27-15-18/h2-13,15H,14,26H2,1H3,(H,28,29,30)(H,31,32,33). The van der Waals surface area contributed by atoms with Crippen LogP contribution in [0.15, 0.2) is 79.3 Å². The SMILES string of the molecule is COc1ccccc1-c1nc(-c2ccc(CN)c(Nc3nccc(-c4cccnc4)n3)c2)n[nH]1. The van der Waals surface area contributed by atoms with E-state index in [9.17, 15) is 0 Å². The van der Waals surface area contributed by atoms with Gasteiger partial charge < -0.3 is 15.8 Å². The van der Waals surface area contributed by atoms with E-state index in [2.05, 4.69) is 35.5 Å². The predicted octanol–water partition coefficient (Wildman–Crippen LogP) is 4.20. The van der Waals surface area contributed by atoms with Crippen LogP contribution in [0, 0.1) is 0 Å². The number of hydrogen-bond donors (Lipinski definition) is 3. The molecule has 0 aliphatic rings. The van der Waals surface area contributed by atoms with Crippen molar-refractivity contribution in [2.75, 3.05) is 12.4 Å². The van der Waals surface area contributed by atoms with E-state index in [0.29, 0.717) is 24.1 Å². The maximum Gasteiger partial charge on any atom is 0.227 e. The zero-order valence-corrected chi connectivity index (χ0v) is 18.4. The number of methoxy groups -OCH3 is 1. The average molecular weight is 451 g/mol. The normalized spacial score (nSPS) is 10.8. The summed E-state index contributed by atoms with van der Waals surface area (Å²) in [7, 11) is 1.63. The quantitative estimate of drug-likeness (QED) is 0.337. The first-order valence-corrected chi connectivity index (χ1v) is 10.6. The summed E-state index contributed by atoms with van der Waals surface area (Å²) in [5.41, 5.74) is 11.0. The highest BCUT2D eigenvalue weighted by Crippen LogP contribution is 2.30. The first-order valence-electron chi connectivity index (χ1n) is 10.6. The molecule has 0 saturated carbocycles. The third-order valence-corrected chi connectivity index (χ3v) is 5.29. The van der Waals surface area contributed by atoms with Crippen LogP contribution in [0.4, 0.5) is 11.6 Å². The lowest BCUT2D eigenvalue weighted by molar-refractivity contribution is 0.416. The molecule has 9 heteroatoms. The molecule has 5 rings (SSSR count). The molecule has 2 aromatic carbocycles. The first kappa shape index (κ1) is 21.2. The van der Waals surface area contributed by atoms with Gasteiger partial charge in [0.25, 0.3) is 0 Å². The van der Waals surface area contributed by atoms with Gasteiger partial charge in [-0.25, -0.2) is 15.0 Å². The van der Waals surface area contributed by atoms with Crippen LogP contribution in [0.1, 0.15) is 5.56 Å². The molecule has 0 saturated heterocycles. The van der Waals surface area contributed by atoms with E-state index in [1.807, 2.05) is 60.7 Å². The van der Waals surface area contributed by atoms with Crippen LogP contribution in [0.5, 0.6) is 5.75 Å². The van der Waals surface area contributed by atoms with Gasteiger partial charge >= 0.3 is 0 Å². The highest BCUT2D eigenvalue weighted by atomic mass is 16.5. The molecule has 168 valence electrons. The molecule has 0 fully saturated rings. The number of ether oxygens (including phenoxy) is 1. The number of aromatic nitrogens is 6. The van der Waals surface area contributed by atoms with E-state index in [4.69, 9.17) is 10.5 Å². The molecule has 0 aliphatic heterocycles. The maximum atomic E-state index is 5.99. The van der Waals surface area contributed by atoms with Crippen LogP contribution in [0.2, 0.25) is 0 Å². The van der Waals surface area contributed by atoms with Gasteiger partial charge in [-0.3, -0.25) is 10.1 Å². The van der Waals surface area contributed by atoms with Crippen molar-refractivity contribution in [3.05, 3.63) is 84.8 Å². The number of nitrogens with two attached hydrogens (primary N) is 1. The summed E-state index contributed by atoms with van der Waals surface area (Å²) in [6.45, 7) is 0.353. The van der Waals surface area contributed by atoms with Gasteiger partial charge in [0.1, 0.15) is 5.75 Å². The van der Waals surface area contributed by atoms with Gasteiger partial charge in [-0.15, -0.1) is 0 Å². The fourth-order valence-electron chi connectivity index (χ4n) is 3.58. The largest absolute Gasteiger partial charge is 0.496 e. The van der Waals surface area contributed by atoms with E-state index in [-0.39, 0.29) is 0 Å². The molecule has 4 N–H and O–H groups in total. The number of nitrogens with zero attached hydrogens (tertiary/aromatic N) is 5. The molecule has 0 aliphatic carbocycles. The lowest BCUT2D eigenvalue weighted by Gasteiger charge is -2.12. The fourth-order valence-corrected chi connectivity index (χ4v) is 3.58. The van der Waals surface area contributed by atoms with Gasteiger partial charge in [-0.2, -0.15) is 5.10 Å². The average Bonchev–Trinajstić information content (AvgIpc) is 3.39. The Morgan fingerprint density at radius 1 is 0.971 bits per heavy atom. The number of pyridine rings is 1. The highest BCUT2D eigenvalue weighted by Gasteiger charge is 2.14. The smallest absolute Gasteiger partial charge is 0.227 e. The molecule has 9 nitrogen and oxygen atoms in total. The topological polar surface area (TPSA) is 128 Å². The number of hydrogen-bond acceptors (Lipinski definition) is 8. The minimum Gasteiger partial charge on any atom is -0.496 e. The highest BCUT2D eigenvalue weighted by molar-refractivity contribution is 5.71. The second-order valence-corrected chi connectivity index (χ2v) is 7.42. The lowest BCUT2D eigenvalue weighted by Crippen LogP contribution is -2.05. The predicted molar refractivity (Wildman–Crippen MR) is 130 cm³/mol. The number of anilines is 2. The molecule has 0 amide bonds. The lowest BCUT2D eigenvalue weighted by atomic mass is 10.1. The van der Waals surface area contributed by atoms with Gasteiger partial charge in [0.15, 0.2) is 11.6 Å². The second kappa shape index (κ2) is 9.47. The van der Waals surface area contributed by atoms with Crippen molar-refractivity contribution in [1.82, 2.24) is 30.1 Å². The maximum absolute atomic E-state index is 5.99. The third kappa shape index (κ3) is 4.32. The van der Waals surface area contributed by atoms with Crippen molar-refractivity contribution in [1.29, 1.82) is 0 Å². The van der Waals surface area contributed by atoms with Crippen LogP contribution in [0.3, 0.4) is 0 Å². The van der Waals surface area contributed by atoms with E-state index in [1.54, 1.807) is 25.7 Å². The Balaban J connectivity index is 1.46. The van der Waals surface area contributed by atoms with Gasteiger partial charge in [-0.1, -0.05) is 24.3 Å². The number of H-pyrrole nitrogens is 1. The van der Waals surface area contributed by atoms with Gasteiger partial charge in [0.2, 0.25) is 5.95 Å². The summed E-state index contributed by atoms with van der Waals surface area (Å²) in [4.78, 5) is 17.8. The molecule has 5 aromatic rings. The summed E-state index contributed by atoms with van der Waals surface area (Å²) in [5.74, 6) is 2.35. The van der Waals surface area contributed by atoms with Crippen LogP contribution in [-0.2, 0) is 6.54 Å². The zero-order chi connectivity index (χ0) is 23.3. The number of benzene rings is 2. The Morgan fingerprint density at radius 2 is 1.88 bits per heavy atom.